The minimum absolute atomic E-state index is 0.110. The van der Waals surface area contributed by atoms with E-state index in [1.54, 1.807) is 0 Å². The molecule has 0 saturated carbocycles. The normalized spacial score (nSPS) is 9.90. The zero-order valence-corrected chi connectivity index (χ0v) is 7.73. The lowest BCUT2D eigenvalue weighted by atomic mass is 10.6. The minimum Gasteiger partial charge on any atom is -0.237 e. The molecular weight excluding hydrogens is 269 g/mol. The van der Waals surface area contributed by atoms with E-state index in [0.29, 0.717) is 10.3 Å². The van der Waals surface area contributed by atoms with Crippen LogP contribution in [0.25, 0.3) is 0 Å². The van der Waals surface area contributed by atoms with Crippen molar-refractivity contribution in [1.29, 1.82) is 0 Å². The molecule has 0 aromatic carbocycles. The average molecular weight is 272 g/mol. The maximum atomic E-state index is 12.4. The highest BCUT2D eigenvalue weighted by atomic mass is 127. The van der Waals surface area contributed by atoms with Crippen LogP contribution in [-0.4, -0.2) is 9.97 Å². The smallest absolute Gasteiger partial charge is 0.178 e. The first-order valence-corrected chi connectivity index (χ1v) is 4.37. The van der Waals surface area contributed by atoms with E-state index < -0.39 is 5.82 Å². The lowest BCUT2D eigenvalue weighted by molar-refractivity contribution is 0.611. The van der Waals surface area contributed by atoms with Gasteiger partial charge in [0, 0.05) is 0 Å². The van der Waals surface area contributed by atoms with Crippen molar-refractivity contribution in [2.24, 2.45) is 0 Å². The Morgan fingerprint density at radius 2 is 2.40 bits per heavy atom. The summed E-state index contributed by atoms with van der Waals surface area (Å²) in [5, 5.41) is -0.110. The van der Waals surface area contributed by atoms with Gasteiger partial charge in [0.2, 0.25) is 0 Å². The first-order valence-electron chi connectivity index (χ1n) is 2.47. The zero-order valence-electron chi connectivity index (χ0n) is 4.81. The molecule has 10 heavy (non-hydrogen) atoms. The lowest BCUT2D eigenvalue weighted by Gasteiger charge is -1.94. The Hall–Kier alpha value is 0.0300. The predicted molar refractivity (Wildman–Crippen MR) is 44.7 cm³/mol. The van der Waals surface area contributed by atoms with E-state index in [4.69, 9.17) is 11.6 Å². The Kier molecular flexibility index (Phi) is 2.79. The number of nitrogens with zero attached hydrogens (tertiary/aromatic N) is 2. The van der Waals surface area contributed by atoms with E-state index in [1.165, 1.54) is 0 Å². The molecule has 0 amide bonds. The molecule has 0 aliphatic rings. The van der Waals surface area contributed by atoms with Crippen molar-refractivity contribution in [2.75, 3.05) is 0 Å². The van der Waals surface area contributed by atoms with E-state index in [1.807, 2.05) is 0 Å². The summed E-state index contributed by atoms with van der Waals surface area (Å²) in [5.41, 5.74) is 0. The number of rotatable bonds is 1. The van der Waals surface area contributed by atoms with Gasteiger partial charge in [-0.05, 0) is 0 Å². The van der Waals surface area contributed by atoms with Crippen molar-refractivity contribution in [1.82, 2.24) is 9.97 Å². The topological polar surface area (TPSA) is 25.8 Å². The number of hydrogen-bond donors (Lipinski definition) is 0. The van der Waals surface area contributed by atoms with Gasteiger partial charge in [0.05, 0.1) is 10.6 Å². The second-order valence-corrected chi connectivity index (χ2v) is 2.68. The van der Waals surface area contributed by atoms with E-state index >= 15 is 0 Å². The largest absolute Gasteiger partial charge is 0.237 e. The fourth-order valence-electron chi connectivity index (χ4n) is 0.444. The van der Waals surface area contributed by atoms with Crippen LogP contribution in [0.2, 0.25) is 5.15 Å². The van der Waals surface area contributed by atoms with Gasteiger partial charge in [-0.2, -0.15) is 0 Å². The summed E-state index contributed by atoms with van der Waals surface area (Å²) in [6.07, 6.45) is 1.07. The van der Waals surface area contributed by atoms with Crippen LogP contribution in [0.4, 0.5) is 4.39 Å². The average Bonchev–Trinajstić information content (AvgIpc) is 1.95. The second kappa shape index (κ2) is 3.43. The summed E-state index contributed by atoms with van der Waals surface area (Å²) < 4.78 is 13.0. The Morgan fingerprint density at radius 1 is 1.70 bits per heavy atom. The van der Waals surface area contributed by atoms with Gasteiger partial charge in [0.15, 0.2) is 11.0 Å². The molecule has 1 heterocycles. The molecule has 1 aromatic rings. The quantitative estimate of drug-likeness (QED) is 0.445. The summed E-state index contributed by atoms with van der Waals surface area (Å²) in [4.78, 5) is 7.34. The van der Waals surface area contributed by atoms with Crippen molar-refractivity contribution in [3.8, 4) is 0 Å². The molecule has 0 spiro atoms. The number of hydrogen-bond acceptors (Lipinski definition) is 2. The Bertz CT molecular complexity index is 243. The van der Waals surface area contributed by atoms with Crippen LogP contribution in [0.15, 0.2) is 6.20 Å². The van der Waals surface area contributed by atoms with Crippen LogP contribution in [0.5, 0.6) is 0 Å². The highest BCUT2D eigenvalue weighted by molar-refractivity contribution is 14.1. The van der Waals surface area contributed by atoms with Gasteiger partial charge < -0.3 is 0 Å². The van der Waals surface area contributed by atoms with Crippen molar-refractivity contribution in [3.05, 3.63) is 23.0 Å². The minimum atomic E-state index is -0.574. The molecule has 0 fully saturated rings. The molecule has 2 nitrogen and oxygen atoms in total. The van der Waals surface area contributed by atoms with Gasteiger partial charge in [-0.1, -0.05) is 34.2 Å². The maximum absolute atomic E-state index is 12.4. The molecule has 0 atom stereocenters. The third kappa shape index (κ3) is 1.76. The van der Waals surface area contributed by atoms with Crippen LogP contribution in [0.3, 0.4) is 0 Å². The third-order valence-electron chi connectivity index (χ3n) is 0.871. The lowest BCUT2D eigenvalue weighted by Crippen LogP contribution is -1.92. The first-order chi connectivity index (χ1) is 4.74. The third-order valence-corrected chi connectivity index (χ3v) is 1.82. The number of halogens is 3. The molecule has 0 radical (unpaired) electrons. The van der Waals surface area contributed by atoms with E-state index in [-0.39, 0.29) is 5.15 Å². The van der Waals surface area contributed by atoms with Gasteiger partial charge in [-0.15, -0.1) is 0 Å². The van der Waals surface area contributed by atoms with Crippen molar-refractivity contribution in [2.45, 2.75) is 4.43 Å². The molecule has 1 aromatic heterocycles. The molecule has 1 rings (SSSR count). The summed E-state index contributed by atoms with van der Waals surface area (Å²) in [5.74, 6) is -0.0257. The van der Waals surface area contributed by atoms with Crippen LogP contribution in [0.1, 0.15) is 5.82 Å². The van der Waals surface area contributed by atoms with Gasteiger partial charge >= 0.3 is 0 Å². The van der Waals surface area contributed by atoms with Crippen LogP contribution >= 0.6 is 34.2 Å². The Labute approximate surface area is 76.0 Å². The predicted octanol–water partition coefficient (Wildman–Crippen LogP) is 2.20. The summed E-state index contributed by atoms with van der Waals surface area (Å²) in [6.45, 7) is 0. The molecule has 54 valence electrons. The molecule has 0 bridgehead atoms. The van der Waals surface area contributed by atoms with Crippen molar-refractivity contribution in [3.63, 3.8) is 0 Å². The fraction of sp³-hybridized carbons (Fsp3) is 0.200. The molecular formula is C5H3ClFIN2. The van der Waals surface area contributed by atoms with E-state index in [0.717, 1.165) is 6.20 Å². The SMILES string of the molecule is Fc1cnc(CI)nc1Cl. The Balaban J connectivity index is 3.04. The van der Waals surface area contributed by atoms with Gasteiger partial charge in [-0.3, -0.25) is 0 Å². The Morgan fingerprint density at radius 3 is 2.90 bits per heavy atom. The highest BCUT2D eigenvalue weighted by Gasteiger charge is 2.01. The van der Waals surface area contributed by atoms with E-state index in [9.17, 15) is 4.39 Å². The standard InChI is InChI=1S/C5H3ClFIN2/c6-5-3(7)2-9-4(1-8)10-5/h2H,1H2. The second-order valence-electron chi connectivity index (χ2n) is 1.56. The van der Waals surface area contributed by atoms with E-state index in [2.05, 4.69) is 32.6 Å². The van der Waals surface area contributed by atoms with Crippen LogP contribution in [-0.2, 0) is 4.43 Å². The van der Waals surface area contributed by atoms with Crippen LogP contribution in [0, 0.1) is 5.82 Å². The number of alkyl halides is 1. The summed E-state index contributed by atoms with van der Waals surface area (Å²) in [6, 6.07) is 0. The fourth-order valence-corrected chi connectivity index (χ4v) is 0.958. The molecule has 5 heteroatoms. The molecule has 0 unspecified atom stereocenters. The first kappa shape index (κ1) is 8.13. The highest BCUT2D eigenvalue weighted by Crippen LogP contribution is 2.10. The van der Waals surface area contributed by atoms with Crippen LogP contribution < -0.4 is 0 Å². The molecule has 0 aliphatic heterocycles. The van der Waals surface area contributed by atoms with Crippen molar-refractivity contribution >= 4 is 34.2 Å². The van der Waals surface area contributed by atoms with Gasteiger partial charge in [0.25, 0.3) is 0 Å². The zero-order chi connectivity index (χ0) is 7.56. The van der Waals surface area contributed by atoms with Gasteiger partial charge in [-0.25, -0.2) is 14.4 Å². The summed E-state index contributed by atoms with van der Waals surface area (Å²) >= 11 is 7.44. The van der Waals surface area contributed by atoms with Crippen molar-refractivity contribution < 1.29 is 4.39 Å². The molecule has 0 N–H and O–H groups in total. The monoisotopic (exact) mass is 272 g/mol. The summed E-state index contributed by atoms with van der Waals surface area (Å²) in [7, 11) is 0. The number of aromatic nitrogens is 2. The molecule has 0 aliphatic carbocycles. The van der Waals surface area contributed by atoms with Gasteiger partial charge in [0.1, 0.15) is 5.82 Å². The molecule has 0 saturated heterocycles. The maximum Gasteiger partial charge on any atom is 0.178 e.